The Hall–Kier alpha value is -0.995. The van der Waals surface area contributed by atoms with E-state index in [-0.39, 0.29) is 0 Å². The van der Waals surface area contributed by atoms with Gasteiger partial charge in [0.05, 0.1) is 18.8 Å². The van der Waals surface area contributed by atoms with Gasteiger partial charge in [-0.05, 0) is 38.8 Å². The second-order valence-corrected chi connectivity index (χ2v) is 5.92. The zero-order valence-corrected chi connectivity index (χ0v) is 13.2. The Morgan fingerprint density at radius 1 is 1.30 bits per heavy atom. The molecule has 1 fully saturated rings. The van der Waals surface area contributed by atoms with E-state index in [1.807, 2.05) is 0 Å². The molecule has 1 aromatic carbocycles. The van der Waals surface area contributed by atoms with Gasteiger partial charge in [-0.1, -0.05) is 17.6 Å². The minimum atomic E-state index is 0.346. The van der Waals surface area contributed by atoms with Crippen LogP contribution in [0.15, 0.2) is 18.2 Å². The molecule has 20 heavy (non-hydrogen) atoms. The maximum atomic E-state index is 5.90. The third-order valence-electron chi connectivity index (χ3n) is 3.93. The van der Waals surface area contributed by atoms with E-state index >= 15 is 0 Å². The first kappa shape index (κ1) is 15.4. The first-order valence-electron chi connectivity index (χ1n) is 7.63. The number of benzene rings is 1. The molecule has 110 valence electrons. The Morgan fingerprint density at radius 2 is 2.00 bits per heavy atom. The molecular weight excluding hydrogens is 249 g/mol. The van der Waals surface area contributed by atoms with Gasteiger partial charge in [-0.25, -0.2) is 0 Å². The van der Waals surface area contributed by atoms with Gasteiger partial charge >= 0.3 is 0 Å². The maximum Gasteiger partial charge on any atom is 0.139 e. The first-order chi connectivity index (χ1) is 9.56. The quantitative estimate of drug-likeness (QED) is 0.594. The number of ether oxygens (including phenoxy) is 2. The largest absolute Gasteiger partial charge is 0.493 e. The molecule has 0 aliphatic carbocycles. The Labute approximate surface area is 123 Å². The molecule has 0 aromatic heterocycles. The van der Waals surface area contributed by atoms with Crippen LogP contribution in [0.1, 0.15) is 25.8 Å². The molecule has 0 unspecified atom stereocenters. The molecule has 1 aromatic rings. The fraction of sp³-hybridized carbons (Fsp3) is 0.625. The maximum absolute atomic E-state index is 5.90. The van der Waals surface area contributed by atoms with Gasteiger partial charge in [0, 0.05) is 19.6 Å². The monoisotopic (exact) mass is 275 g/mol. The lowest BCUT2D eigenvalue weighted by Gasteiger charge is -2.35. The highest BCUT2D eigenvalue weighted by Crippen LogP contribution is 2.15. The minimum Gasteiger partial charge on any atom is -0.493 e. The summed E-state index contributed by atoms with van der Waals surface area (Å²) in [5.41, 5.74) is 2.54. The number of nitrogens with zero attached hydrogens (tertiary/aromatic N) is 1. The fourth-order valence-corrected chi connectivity index (χ4v) is 2.82. The third-order valence-corrected chi connectivity index (χ3v) is 3.93. The second-order valence-electron chi connectivity index (χ2n) is 5.92. The molecule has 0 N–H and O–H groups in total. The molecule has 2 rings (SSSR count). The van der Waals surface area contributed by atoms with E-state index < -0.39 is 0 Å². The highest BCUT2D eigenvalue weighted by molar-refractivity contribution is 6.33. The van der Waals surface area contributed by atoms with E-state index in [4.69, 9.17) is 9.47 Å². The van der Waals surface area contributed by atoms with Crippen molar-refractivity contribution in [1.29, 1.82) is 0 Å². The van der Waals surface area contributed by atoms with Gasteiger partial charge in [0.15, 0.2) is 0 Å². The average Bonchev–Trinajstić information content (AvgIpc) is 2.38. The van der Waals surface area contributed by atoms with Crippen LogP contribution in [0.2, 0.25) is 0 Å². The number of morpholine rings is 1. The number of hydrogen-bond donors (Lipinski definition) is 0. The van der Waals surface area contributed by atoms with Crippen molar-refractivity contribution < 1.29 is 9.47 Å². The Kier molecular flexibility index (Phi) is 5.50. The molecule has 0 amide bonds. The molecule has 1 aliphatic rings. The smallest absolute Gasteiger partial charge is 0.139 e. The molecule has 1 heterocycles. The Morgan fingerprint density at radius 3 is 2.70 bits per heavy atom. The van der Waals surface area contributed by atoms with Gasteiger partial charge in [0.2, 0.25) is 0 Å². The van der Waals surface area contributed by atoms with Crippen molar-refractivity contribution in [3.8, 4) is 5.75 Å². The molecule has 1 saturated heterocycles. The minimum absolute atomic E-state index is 0.346. The van der Waals surface area contributed by atoms with Crippen LogP contribution in [0.4, 0.5) is 0 Å². The van der Waals surface area contributed by atoms with Gasteiger partial charge in [-0.3, -0.25) is 4.90 Å². The van der Waals surface area contributed by atoms with Crippen molar-refractivity contribution in [2.24, 2.45) is 0 Å². The van der Waals surface area contributed by atoms with E-state index in [9.17, 15) is 0 Å². The number of rotatable bonds is 5. The Balaban J connectivity index is 1.72. The van der Waals surface area contributed by atoms with Crippen molar-refractivity contribution in [2.75, 3.05) is 26.2 Å². The van der Waals surface area contributed by atoms with Crippen molar-refractivity contribution in [1.82, 2.24) is 4.90 Å². The summed E-state index contributed by atoms with van der Waals surface area (Å²) >= 11 is 0. The van der Waals surface area contributed by atoms with Crippen LogP contribution < -0.4 is 10.2 Å². The van der Waals surface area contributed by atoms with Crippen LogP contribution in [0.3, 0.4) is 0 Å². The SMILES string of the molecule is Bc1cccc(OCCCN2C[C@@H](C)O[C@@H](C)C2)c1C. The Bertz CT molecular complexity index is 428. The second kappa shape index (κ2) is 7.14. The van der Waals surface area contributed by atoms with Crippen molar-refractivity contribution in [3.63, 3.8) is 0 Å². The predicted octanol–water partition coefficient (Wildman–Crippen LogP) is 1.13. The molecule has 0 saturated carbocycles. The first-order valence-corrected chi connectivity index (χ1v) is 7.63. The summed E-state index contributed by atoms with van der Waals surface area (Å²) in [4.78, 5) is 2.48. The average molecular weight is 275 g/mol. The highest BCUT2D eigenvalue weighted by Gasteiger charge is 2.21. The highest BCUT2D eigenvalue weighted by atomic mass is 16.5. The van der Waals surface area contributed by atoms with Gasteiger partial charge in [0.1, 0.15) is 13.6 Å². The zero-order chi connectivity index (χ0) is 14.5. The van der Waals surface area contributed by atoms with E-state index in [2.05, 4.69) is 51.7 Å². The summed E-state index contributed by atoms with van der Waals surface area (Å²) in [6, 6.07) is 6.24. The lowest BCUT2D eigenvalue weighted by atomic mass is 9.91. The summed E-state index contributed by atoms with van der Waals surface area (Å²) in [5.74, 6) is 1.02. The van der Waals surface area contributed by atoms with Gasteiger partial charge < -0.3 is 9.47 Å². The van der Waals surface area contributed by atoms with Crippen LogP contribution >= 0.6 is 0 Å². The zero-order valence-electron chi connectivity index (χ0n) is 13.2. The van der Waals surface area contributed by atoms with E-state index in [0.717, 1.165) is 38.4 Å². The lowest BCUT2D eigenvalue weighted by Crippen LogP contribution is -2.45. The van der Waals surface area contributed by atoms with Gasteiger partial charge in [-0.15, -0.1) is 0 Å². The van der Waals surface area contributed by atoms with Crippen LogP contribution in [0, 0.1) is 6.92 Å². The topological polar surface area (TPSA) is 21.7 Å². The van der Waals surface area contributed by atoms with Crippen LogP contribution in [-0.4, -0.2) is 51.2 Å². The van der Waals surface area contributed by atoms with Crippen molar-refractivity contribution >= 4 is 13.3 Å². The lowest BCUT2D eigenvalue weighted by molar-refractivity contribution is -0.0686. The van der Waals surface area contributed by atoms with Crippen molar-refractivity contribution in [2.45, 2.75) is 39.4 Å². The van der Waals surface area contributed by atoms with Crippen LogP contribution in [0.5, 0.6) is 5.75 Å². The summed E-state index contributed by atoms with van der Waals surface area (Å²) in [6.07, 6.45) is 1.75. The molecule has 4 heteroatoms. The molecular formula is C16H26BNO2. The molecule has 0 radical (unpaired) electrons. The van der Waals surface area contributed by atoms with E-state index in [0.29, 0.717) is 12.2 Å². The molecule has 0 spiro atoms. The van der Waals surface area contributed by atoms with Gasteiger partial charge in [-0.2, -0.15) is 0 Å². The molecule has 1 aliphatic heterocycles. The molecule has 0 bridgehead atoms. The van der Waals surface area contributed by atoms with E-state index in [1.165, 1.54) is 11.0 Å². The van der Waals surface area contributed by atoms with Crippen molar-refractivity contribution in [3.05, 3.63) is 23.8 Å². The summed E-state index contributed by atoms with van der Waals surface area (Å²) in [6.45, 7) is 10.4. The van der Waals surface area contributed by atoms with Crippen LogP contribution in [0.25, 0.3) is 0 Å². The summed E-state index contributed by atoms with van der Waals surface area (Å²) in [7, 11) is 2.12. The predicted molar refractivity (Wildman–Crippen MR) is 85.9 cm³/mol. The fourth-order valence-electron chi connectivity index (χ4n) is 2.82. The number of hydrogen-bond acceptors (Lipinski definition) is 3. The normalized spacial score (nSPS) is 23.8. The summed E-state index contributed by atoms with van der Waals surface area (Å²) < 4.78 is 11.7. The van der Waals surface area contributed by atoms with Gasteiger partial charge in [0.25, 0.3) is 0 Å². The molecule has 3 nitrogen and oxygen atoms in total. The summed E-state index contributed by atoms with van der Waals surface area (Å²) in [5, 5.41) is 0. The third kappa shape index (κ3) is 4.25. The van der Waals surface area contributed by atoms with E-state index in [1.54, 1.807) is 0 Å². The van der Waals surface area contributed by atoms with Crippen LogP contribution in [-0.2, 0) is 4.74 Å². The standard InChI is InChI=1S/C16H26BNO2/c1-12-10-18(11-13(2)20-12)8-5-9-19-16-7-4-6-15(17)14(16)3/h4,6-7,12-13H,5,8-11,17H2,1-3H3/t12-,13+. The molecule has 2 atom stereocenters.